The second-order valence-electron chi connectivity index (χ2n) is 6.13. The van der Waals surface area contributed by atoms with Crippen molar-refractivity contribution in [2.75, 3.05) is 13.1 Å². The van der Waals surface area contributed by atoms with Gasteiger partial charge in [0, 0.05) is 19.1 Å². The Morgan fingerprint density at radius 2 is 1.80 bits per heavy atom. The van der Waals surface area contributed by atoms with Gasteiger partial charge in [0.25, 0.3) is 0 Å². The van der Waals surface area contributed by atoms with Crippen LogP contribution in [0.25, 0.3) is 0 Å². The third-order valence-corrected chi connectivity index (χ3v) is 4.82. The van der Waals surface area contributed by atoms with E-state index < -0.39 is 0 Å². The molecule has 0 heterocycles. The van der Waals surface area contributed by atoms with Gasteiger partial charge < -0.3 is 5.32 Å². The second-order valence-corrected chi connectivity index (χ2v) is 6.13. The molecular weight excluding hydrogens is 244 g/mol. The van der Waals surface area contributed by atoms with E-state index in [-0.39, 0.29) is 0 Å². The van der Waals surface area contributed by atoms with Gasteiger partial charge in [0.05, 0.1) is 0 Å². The Morgan fingerprint density at radius 1 is 1.10 bits per heavy atom. The maximum atomic E-state index is 3.78. The first-order valence-electron chi connectivity index (χ1n) is 8.27. The van der Waals surface area contributed by atoms with Crippen LogP contribution in [0.2, 0.25) is 0 Å². The minimum atomic E-state index is 0.719. The molecule has 0 aliphatic heterocycles. The number of nitrogens with zero attached hydrogens (tertiary/aromatic N) is 1. The highest BCUT2D eigenvalue weighted by Gasteiger charge is 2.22. The first kappa shape index (κ1) is 15.5. The lowest BCUT2D eigenvalue weighted by molar-refractivity contribution is 0.294. The molecule has 2 heteroatoms. The summed E-state index contributed by atoms with van der Waals surface area (Å²) in [5, 5.41) is 3.78. The molecular formula is C18H30N2. The smallest absolute Gasteiger partial charge is 0.0236 e. The molecule has 0 radical (unpaired) electrons. The summed E-state index contributed by atoms with van der Waals surface area (Å²) in [5.74, 6) is 0.838. The summed E-state index contributed by atoms with van der Waals surface area (Å²) in [7, 11) is 0. The molecule has 0 aromatic heterocycles. The van der Waals surface area contributed by atoms with E-state index in [1.54, 1.807) is 0 Å². The summed E-state index contributed by atoms with van der Waals surface area (Å²) >= 11 is 0. The van der Waals surface area contributed by atoms with Gasteiger partial charge in [0.2, 0.25) is 0 Å². The van der Waals surface area contributed by atoms with Crippen molar-refractivity contribution in [3.63, 3.8) is 0 Å². The summed E-state index contributed by atoms with van der Waals surface area (Å²) in [6.45, 7) is 11.2. The van der Waals surface area contributed by atoms with Crippen LogP contribution in [-0.4, -0.2) is 24.0 Å². The highest BCUT2D eigenvalue weighted by molar-refractivity contribution is 5.27. The number of benzene rings is 1. The van der Waals surface area contributed by atoms with Crippen molar-refractivity contribution in [1.82, 2.24) is 10.2 Å². The molecule has 1 aromatic carbocycles. The molecule has 112 valence electrons. The van der Waals surface area contributed by atoms with Crippen LogP contribution in [0.1, 0.15) is 51.2 Å². The Balaban J connectivity index is 1.96. The predicted octanol–water partition coefficient (Wildman–Crippen LogP) is 3.81. The van der Waals surface area contributed by atoms with E-state index in [1.165, 1.54) is 30.4 Å². The van der Waals surface area contributed by atoms with E-state index >= 15 is 0 Å². The Labute approximate surface area is 124 Å². The number of rotatable bonds is 7. The molecule has 1 aliphatic rings. The molecule has 0 bridgehead atoms. The van der Waals surface area contributed by atoms with Crippen molar-refractivity contribution in [1.29, 1.82) is 0 Å². The standard InChI is InChI=1S/C18H30N2/c1-4-20(5-2)14-17-11-7-6-10-16(17)13-19-18-12-8-9-15(18)3/h6-7,10-11,15,18-19H,4-5,8-9,12-14H2,1-3H3. The van der Waals surface area contributed by atoms with E-state index in [2.05, 4.69) is 55.3 Å². The summed E-state index contributed by atoms with van der Waals surface area (Å²) < 4.78 is 0. The molecule has 1 aliphatic carbocycles. The molecule has 20 heavy (non-hydrogen) atoms. The first-order chi connectivity index (χ1) is 9.74. The van der Waals surface area contributed by atoms with Gasteiger partial charge >= 0.3 is 0 Å². The van der Waals surface area contributed by atoms with Gasteiger partial charge in [-0.2, -0.15) is 0 Å². The van der Waals surface area contributed by atoms with Crippen LogP contribution < -0.4 is 5.32 Å². The Bertz CT molecular complexity index is 398. The monoisotopic (exact) mass is 274 g/mol. The van der Waals surface area contributed by atoms with Crippen LogP contribution >= 0.6 is 0 Å². The Hall–Kier alpha value is -0.860. The second kappa shape index (κ2) is 7.80. The van der Waals surface area contributed by atoms with Crippen LogP contribution in [0.5, 0.6) is 0 Å². The maximum Gasteiger partial charge on any atom is 0.0236 e. The summed E-state index contributed by atoms with van der Waals surface area (Å²) in [6.07, 6.45) is 4.12. The highest BCUT2D eigenvalue weighted by Crippen LogP contribution is 2.25. The van der Waals surface area contributed by atoms with Gasteiger partial charge in [-0.3, -0.25) is 4.90 Å². The van der Waals surface area contributed by atoms with Gasteiger partial charge in [-0.1, -0.05) is 51.5 Å². The van der Waals surface area contributed by atoms with E-state index in [1.807, 2.05) is 0 Å². The van der Waals surface area contributed by atoms with Crippen molar-refractivity contribution in [2.45, 2.75) is 59.2 Å². The zero-order chi connectivity index (χ0) is 14.4. The van der Waals surface area contributed by atoms with Crippen molar-refractivity contribution >= 4 is 0 Å². The molecule has 2 unspecified atom stereocenters. The topological polar surface area (TPSA) is 15.3 Å². The predicted molar refractivity (Wildman–Crippen MR) is 86.7 cm³/mol. The van der Waals surface area contributed by atoms with E-state index in [0.29, 0.717) is 0 Å². The lowest BCUT2D eigenvalue weighted by Crippen LogP contribution is -2.31. The molecule has 2 nitrogen and oxygen atoms in total. The summed E-state index contributed by atoms with van der Waals surface area (Å²) in [6, 6.07) is 9.62. The minimum absolute atomic E-state index is 0.719. The normalized spacial score (nSPS) is 22.6. The average Bonchev–Trinajstić information content (AvgIpc) is 2.89. The van der Waals surface area contributed by atoms with Crippen LogP contribution in [0.4, 0.5) is 0 Å². The van der Waals surface area contributed by atoms with Gasteiger partial charge in [-0.05, 0) is 43.0 Å². The fraction of sp³-hybridized carbons (Fsp3) is 0.667. The molecule has 0 spiro atoms. The summed E-state index contributed by atoms with van der Waals surface area (Å²) in [4.78, 5) is 2.48. The lowest BCUT2D eigenvalue weighted by atomic mass is 10.0. The number of hydrogen-bond donors (Lipinski definition) is 1. The molecule has 0 amide bonds. The average molecular weight is 274 g/mol. The van der Waals surface area contributed by atoms with Gasteiger partial charge in [0.1, 0.15) is 0 Å². The van der Waals surface area contributed by atoms with Crippen LogP contribution in [0, 0.1) is 5.92 Å². The third-order valence-electron chi connectivity index (χ3n) is 4.82. The van der Waals surface area contributed by atoms with Gasteiger partial charge in [-0.25, -0.2) is 0 Å². The first-order valence-corrected chi connectivity index (χ1v) is 8.27. The van der Waals surface area contributed by atoms with Gasteiger partial charge in [-0.15, -0.1) is 0 Å². The van der Waals surface area contributed by atoms with Crippen molar-refractivity contribution < 1.29 is 0 Å². The number of hydrogen-bond acceptors (Lipinski definition) is 2. The Kier molecular flexibility index (Phi) is 6.06. The highest BCUT2D eigenvalue weighted by atomic mass is 15.1. The zero-order valence-electron chi connectivity index (χ0n) is 13.4. The zero-order valence-corrected chi connectivity index (χ0v) is 13.4. The quantitative estimate of drug-likeness (QED) is 0.813. The molecule has 2 rings (SSSR count). The largest absolute Gasteiger partial charge is 0.310 e. The SMILES string of the molecule is CCN(CC)Cc1ccccc1CNC1CCCC1C. The van der Waals surface area contributed by atoms with E-state index in [4.69, 9.17) is 0 Å². The van der Waals surface area contributed by atoms with Crippen LogP contribution in [0.15, 0.2) is 24.3 Å². The molecule has 0 saturated heterocycles. The van der Waals surface area contributed by atoms with Crippen LogP contribution in [0.3, 0.4) is 0 Å². The molecule has 1 N–H and O–H groups in total. The van der Waals surface area contributed by atoms with Crippen molar-refractivity contribution in [3.05, 3.63) is 35.4 Å². The summed E-state index contributed by atoms with van der Waals surface area (Å²) in [5.41, 5.74) is 2.95. The molecule has 1 fully saturated rings. The van der Waals surface area contributed by atoms with E-state index in [0.717, 1.165) is 38.1 Å². The lowest BCUT2D eigenvalue weighted by Gasteiger charge is -2.22. The van der Waals surface area contributed by atoms with Crippen molar-refractivity contribution in [3.8, 4) is 0 Å². The van der Waals surface area contributed by atoms with Gasteiger partial charge in [0.15, 0.2) is 0 Å². The molecule has 1 aromatic rings. The minimum Gasteiger partial charge on any atom is -0.310 e. The fourth-order valence-electron chi connectivity index (χ4n) is 3.26. The van der Waals surface area contributed by atoms with Crippen molar-refractivity contribution in [2.24, 2.45) is 5.92 Å². The Morgan fingerprint density at radius 3 is 2.40 bits per heavy atom. The van der Waals surface area contributed by atoms with E-state index in [9.17, 15) is 0 Å². The molecule has 1 saturated carbocycles. The maximum absolute atomic E-state index is 3.78. The molecule has 2 atom stereocenters. The van der Waals surface area contributed by atoms with Crippen LogP contribution in [-0.2, 0) is 13.1 Å². The third kappa shape index (κ3) is 4.07. The number of nitrogens with one attached hydrogen (secondary N) is 1. The fourth-order valence-corrected chi connectivity index (χ4v) is 3.26.